The molecule has 0 amide bonds. The van der Waals surface area contributed by atoms with E-state index in [1.54, 1.807) is 40.4 Å². The van der Waals surface area contributed by atoms with Crippen LogP contribution in [0.1, 0.15) is 40.0 Å². The number of nitriles is 2. The molecule has 4 heterocycles. The normalized spacial score (nSPS) is 11.4. The molecule has 0 radical (unpaired) electrons. The molecule has 1 N–H and O–H groups in total. The molecule has 4 aromatic rings. The number of aliphatic hydroxyl groups excluding tert-OH is 1. The van der Waals surface area contributed by atoms with Crippen LogP contribution in [0.5, 0.6) is 0 Å². The van der Waals surface area contributed by atoms with Gasteiger partial charge in [-0.25, -0.2) is 0 Å². The lowest BCUT2D eigenvalue weighted by atomic mass is 10.1. The van der Waals surface area contributed by atoms with Crippen LogP contribution < -0.4 is 0 Å². The highest BCUT2D eigenvalue weighted by atomic mass is 127. The molecule has 0 spiro atoms. The topological polar surface area (TPSA) is 139 Å². The number of aromatic nitrogens is 8. The fourth-order valence-electron chi connectivity index (χ4n) is 3.16. The maximum Gasteiger partial charge on any atom is 0.162 e. The van der Waals surface area contributed by atoms with Crippen LogP contribution in [0.3, 0.4) is 0 Å². The molecular weight excluding hydrogens is 650 g/mol. The van der Waals surface area contributed by atoms with Gasteiger partial charge in [-0.05, 0) is 51.2 Å². The van der Waals surface area contributed by atoms with Crippen LogP contribution in [0, 0.1) is 30.1 Å². The second-order valence-electron chi connectivity index (χ2n) is 7.19. The lowest BCUT2D eigenvalue weighted by Crippen LogP contribution is -2.07. The Kier molecular flexibility index (Phi) is 7.88. The highest BCUT2D eigenvalue weighted by Gasteiger charge is 2.20. The molecule has 0 aliphatic rings. The van der Waals surface area contributed by atoms with Crippen LogP contribution in [0.4, 0.5) is 0 Å². The quantitative estimate of drug-likeness (QED) is 0.328. The molecule has 0 saturated heterocycles. The molecule has 1 unspecified atom stereocenters. The lowest BCUT2D eigenvalue weighted by Gasteiger charge is -2.08. The summed E-state index contributed by atoms with van der Waals surface area (Å²) in [5.74, 6) is 0. The minimum absolute atomic E-state index is 0.292. The smallest absolute Gasteiger partial charge is 0.162 e. The van der Waals surface area contributed by atoms with Gasteiger partial charge in [-0.1, -0.05) is 0 Å². The van der Waals surface area contributed by atoms with Crippen LogP contribution >= 0.6 is 45.2 Å². The van der Waals surface area contributed by atoms with Gasteiger partial charge in [0.05, 0.1) is 5.69 Å². The Hall–Kier alpha value is -2.76. The predicted octanol–water partition coefficient (Wildman–Crippen LogP) is 1.93. The molecule has 1 atom stereocenters. The van der Waals surface area contributed by atoms with Gasteiger partial charge >= 0.3 is 0 Å². The molecule has 4 rings (SSSR count). The van der Waals surface area contributed by atoms with Crippen molar-refractivity contribution >= 4 is 45.2 Å². The molecule has 11 nitrogen and oxygen atoms in total. The summed E-state index contributed by atoms with van der Waals surface area (Å²) in [4.78, 5) is 0. The Labute approximate surface area is 217 Å². The van der Waals surface area contributed by atoms with E-state index in [0.29, 0.717) is 22.6 Å². The van der Waals surface area contributed by atoms with Crippen LogP contribution in [-0.4, -0.2) is 44.2 Å². The van der Waals surface area contributed by atoms with Crippen molar-refractivity contribution in [2.24, 2.45) is 28.2 Å². The number of aryl methyl sites for hydroxylation is 4. The molecule has 0 bridgehead atoms. The molecular formula is C20H20I2N10O. The molecule has 0 aromatic carbocycles. The van der Waals surface area contributed by atoms with Gasteiger partial charge in [0.15, 0.2) is 11.4 Å². The Morgan fingerprint density at radius 3 is 1.94 bits per heavy atom. The molecule has 0 aliphatic carbocycles. The van der Waals surface area contributed by atoms with E-state index in [0.717, 1.165) is 25.1 Å². The van der Waals surface area contributed by atoms with Gasteiger partial charge in [0.25, 0.3) is 0 Å². The Bertz CT molecular complexity index is 1360. The van der Waals surface area contributed by atoms with E-state index < -0.39 is 6.10 Å². The first-order valence-electron chi connectivity index (χ1n) is 9.55. The zero-order valence-electron chi connectivity index (χ0n) is 18.3. The van der Waals surface area contributed by atoms with Crippen molar-refractivity contribution in [3.8, 4) is 12.1 Å². The van der Waals surface area contributed by atoms with Crippen molar-refractivity contribution in [3.63, 3.8) is 0 Å². The minimum atomic E-state index is -0.824. The molecule has 13 heteroatoms. The summed E-state index contributed by atoms with van der Waals surface area (Å²) in [6.07, 6.45) is 3.67. The van der Waals surface area contributed by atoms with Gasteiger partial charge in [-0.15, -0.1) is 0 Å². The number of hydrogen-bond acceptors (Lipinski definition) is 7. The minimum Gasteiger partial charge on any atom is -0.382 e. The first kappa shape index (κ1) is 24.9. The second kappa shape index (κ2) is 10.4. The molecule has 0 fully saturated rings. The first-order chi connectivity index (χ1) is 15.6. The predicted molar refractivity (Wildman–Crippen MR) is 135 cm³/mol. The third-order valence-corrected chi connectivity index (χ3v) is 6.48. The van der Waals surface area contributed by atoms with Crippen LogP contribution in [-0.2, 0) is 34.6 Å². The second-order valence-corrected chi connectivity index (χ2v) is 9.24. The standard InChI is InChI=1S/C10H10IN5O.C10H10IN5/c1-15-5-7(10(11)14-15)9(17)8-3-6(4-12)13-16(8)2;1-15-6-7(10(11)14-15)3-9-4-8(5-12)13-16(9)2/h3,5,9,17H,1-2H3;4,6H,3H2,1-2H3. The maximum absolute atomic E-state index is 10.2. The van der Waals surface area contributed by atoms with Crippen LogP contribution in [0.25, 0.3) is 0 Å². The Morgan fingerprint density at radius 1 is 0.879 bits per heavy atom. The Balaban J connectivity index is 0.000000186. The number of nitrogens with zero attached hydrogens (tertiary/aromatic N) is 10. The number of rotatable bonds is 4. The summed E-state index contributed by atoms with van der Waals surface area (Å²) in [7, 11) is 7.24. The van der Waals surface area contributed by atoms with Crippen LogP contribution in [0.15, 0.2) is 24.5 Å². The highest BCUT2D eigenvalue weighted by Crippen LogP contribution is 2.25. The van der Waals surface area contributed by atoms with Crippen LogP contribution in [0.2, 0.25) is 0 Å². The van der Waals surface area contributed by atoms with E-state index in [1.165, 1.54) is 4.68 Å². The highest BCUT2D eigenvalue weighted by molar-refractivity contribution is 14.1. The van der Waals surface area contributed by atoms with Crippen molar-refractivity contribution in [2.45, 2.75) is 12.5 Å². The van der Waals surface area contributed by atoms with Gasteiger partial charge in [0, 0.05) is 69.9 Å². The third-order valence-electron chi connectivity index (χ3n) is 4.73. The van der Waals surface area contributed by atoms with E-state index in [9.17, 15) is 5.11 Å². The average Bonchev–Trinajstić information content (AvgIpc) is 3.49. The summed E-state index contributed by atoms with van der Waals surface area (Å²) >= 11 is 4.27. The zero-order valence-corrected chi connectivity index (χ0v) is 22.6. The third kappa shape index (κ3) is 5.79. The van der Waals surface area contributed by atoms with E-state index in [4.69, 9.17) is 10.5 Å². The average molecular weight is 670 g/mol. The van der Waals surface area contributed by atoms with E-state index >= 15 is 0 Å². The van der Waals surface area contributed by atoms with E-state index in [2.05, 4.69) is 65.6 Å². The molecule has 0 saturated carbocycles. The number of halogens is 2. The fraction of sp³-hybridized carbons (Fsp3) is 0.300. The summed E-state index contributed by atoms with van der Waals surface area (Å²) in [5, 5.41) is 44.3. The van der Waals surface area contributed by atoms with Gasteiger partial charge in [-0.3, -0.25) is 18.7 Å². The van der Waals surface area contributed by atoms with Gasteiger partial charge < -0.3 is 5.11 Å². The molecule has 170 valence electrons. The zero-order chi connectivity index (χ0) is 24.3. The Morgan fingerprint density at radius 2 is 1.45 bits per heavy atom. The number of hydrogen-bond donors (Lipinski definition) is 1. The van der Waals surface area contributed by atoms with Crippen molar-refractivity contribution in [1.82, 2.24) is 39.1 Å². The van der Waals surface area contributed by atoms with Crippen molar-refractivity contribution in [3.05, 3.63) is 65.8 Å². The fourth-order valence-corrected chi connectivity index (χ4v) is 4.61. The molecule has 33 heavy (non-hydrogen) atoms. The van der Waals surface area contributed by atoms with Gasteiger partial charge in [-0.2, -0.15) is 30.9 Å². The molecule has 0 aliphatic heterocycles. The van der Waals surface area contributed by atoms with Crippen molar-refractivity contribution < 1.29 is 5.11 Å². The van der Waals surface area contributed by atoms with E-state index in [-0.39, 0.29) is 0 Å². The summed E-state index contributed by atoms with van der Waals surface area (Å²) < 4.78 is 8.39. The van der Waals surface area contributed by atoms with Crippen molar-refractivity contribution in [1.29, 1.82) is 10.5 Å². The number of aliphatic hydroxyl groups is 1. The monoisotopic (exact) mass is 670 g/mol. The van der Waals surface area contributed by atoms with Gasteiger partial charge in [0.2, 0.25) is 0 Å². The summed E-state index contributed by atoms with van der Waals surface area (Å²) in [6, 6.07) is 7.37. The molecule has 4 aromatic heterocycles. The lowest BCUT2D eigenvalue weighted by molar-refractivity contribution is 0.209. The summed E-state index contributed by atoms with van der Waals surface area (Å²) in [6.45, 7) is 0. The maximum atomic E-state index is 10.2. The van der Waals surface area contributed by atoms with Gasteiger partial charge in [0.1, 0.15) is 25.6 Å². The van der Waals surface area contributed by atoms with Crippen molar-refractivity contribution in [2.75, 3.05) is 0 Å². The first-order valence-corrected chi connectivity index (χ1v) is 11.7. The summed E-state index contributed by atoms with van der Waals surface area (Å²) in [5.41, 5.74) is 4.20. The SMILES string of the molecule is Cn1cc(C(O)c2cc(C#N)nn2C)c(I)n1.Cn1cc(Cc2cc(C#N)nn2C)c(I)n1. The van der Waals surface area contributed by atoms with E-state index in [1.807, 2.05) is 38.5 Å². The largest absolute Gasteiger partial charge is 0.382 e.